The number of carboxylic acids is 1. The first kappa shape index (κ1) is 11.1. The summed E-state index contributed by atoms with van der Waals surface area (Å²) in [6, 6.07) is 8.05. The number of carboxylic acid groups (broad SMARTS) is 1. The Bertz CT molecular complexity index is 552. The monoisotopic (exact) mass is 234 g/mol. The molecule has 0 radical (unpaired) electrons. The van der Waals surface area contributed by atoms with Gasteiger partial charge in [0.2, 0.25) is 0 Å². The van der Waals surface area contributed by atoms with Crippen LogP contribution in [0.25, 0.3) is 10.1 Å². The van der Waals surface area contributed by atoms with E-state index in [2.05, 4.69) is 0 Å². The minimum Gasteiger partial charge on any atom is -0.481 e. The summed E-state index contributed by atoms with van der Waals surface area (Å²) in [7, 11) is 0. The van der Waals surface area contributed by atoms with Crippen LogP contribution in [-0.4, -0.2) is 11.1 Å². The molecule has 16 heavy (non-hydrogen) atoms. The zero-order valence-corrected chi connectivity index (χ0v) is 10.4. The second-order valence-electron chi connectivity index (χ2n) is 4.48. The Morgan fingerprint density at radius 2 is 1.94 bits per heavy atom. The molecule has 3 heteroatoms. The van der Waals surface area contributed by atoms with Crippen molar-refractivity contribution in [3.05, 3.63) is 34.7 Å². The summed E-state index contributed by atoms with van der Waals surface area (Å²) in [4.78, 5) is 12.2. The quantitative estimate of drug-likeness (QED) is 0.862. The lowest BCUT2D eigenvalue weighted by Gasteiger charge is -2.18. The highest BCUT2D eigenvalue weighted by molar-refractivity contribution is 7.19. The molecule has 0 aliphatic carbocycles. The fourth-order valence-electron chi connectivity index (χ4n) is 1.87. The number of hydrogen-bond donors (Lipinski definition) is 1. The van der Waals surface area contributed by atoms with Crippen LogP contribution in [0, 0.1) is 6.92 Å². The molecule has 0 bridgehead atoms. The highest BCUT2D eigenvalue weighted by atomic mass is 32.1. The van der Waals surface area contributed by atoms with Gasteiger partial charge >= 0.3 is 5.97 Å². The van der Waals surface area contributed by atoms with Crippen molar-refractivity contribution in [2.75, 3.05) is 0 Å². The number of benzene rings is 1. The number of thiophene rings is 1. The van der Waals surface area contributed by atoms with Crippen molar-refractivity contribution in [1.82, 2.24) is 0 Å². The standard InChI is InChI=1S/C13H14O2S/c1-8-9-6-4-5-7-10(9)16-11(8)13(2,3)12(14)15/h4-7H,1-3H3,(H,14,15). The van der Waals surface area contributed by atoms with Gasteiger partial charge < -0.3 is 5.11 Å². The molecule has 0 spiro atoms. The summed E-state index contributed by atoms with van der Waals surface area (Å²) in [5.41, 5.74) is 0.279. The molecule has 1 aromatic heterocycles. The third kappa shape index (κ3) is 1.52. The fraction of sp³-hybridized carbons (Fsp3) is 0.308. The maximum absolute atomic E-state index is 11.3. The molecule has 1 heterocycles. The van der Waals surface area contributed by atoms with E-state index in [1.54, 1.807) is 25.2 Å². The van der Waals surface area contributed by atoms with Crippen molar-refractivity contribution in [1.29, 1.82) is 0 Å². The molecule has 2 rings (SSSR count). The Hall–Kier alpha value is -1.35. The number of carbonyl (C=O) groups is 1. The lowest BCUT2D eigenvalue weighted by Crippen LogP contribution is -2.28. The number of hydrogen-bond acceptors (Lipinski definition) is 2. The SMILES string of the molecule is Cc1c(C(C)(C)C(=O)O)sc2ccccc12. The first-order valence-corrected chi connectivity index (χ1v) is 5.98. The largest absolute Gasteiger partial charge is 0.481 e. The first-order chi connectivity index (χ1) is 7.44. The molecule has 0 amide bonds. The molecule has 2 nitrogen and oxygen atoms in total. The molecule has 1 aromatic carbocycles. The van der Waals surface area contributed by atoms with Gasteiger partial charge in [0.1, 0.15) is 0 Å². The summed E-state index contributed by atoms with van der Waals surface area (Å²) in [6.45, 7) is 5.51. The van der Waals surface area contributed by atoms with Crippen LogP contribution in [-0.2, 0) is 10.2 Å². The van der Waals surface area contributed by atoms with Gasteiger partial charge in [-0.2, -0.15) is 0 Å². The Morgan fingerprint density at radius 3 is 2.50 bits per heavy atom. The zero-order valence-electron chi connectivity index (χ0n) is 9.57. The van der Waals surface area contributed by atoms with Crippen LogP contribution in [0.4, 0.5) is 0 Å². The number of rotatable bonds is 2. The fourth-order valence-corrected chi connectivity index (χ4v) is 3.17. The smallest absolute Gasteiger partial charge is 0.314 e. The maximum atomic E-state index is 11.3. The van der Waals surface area contributed by atoms with E-state index in [0.717, 1.165) is 20.5 Å². The molecule has 0 unspecified atom stereocenters. The molecule has 0 aliphatic heterocycles. The number of fused-ring (bicyclic) bond motifs is 1. The average molecular weight is 234 g/mol. The second-order valence-corrected chi connectivity index (χ2v) is 5.53. The summed E-state index contributed by atoms with van der Waals surface area (Å²) < 4.78 is 1.16. The molecule has 0 aliphatic rings. The Balaban J connectivity index is 2.71. The molecule has 0 saturated carbocycles. The van der Waals surface area contributed by atoms with E-state index < -0.39 is 11.4 Å². The van der Waals surface area contributed by atoms with Crippen molar-refractivity contribution in [2.24, 2.45) is 0 Å². The average Bonchev–Trinajstić information content (AvgIpc) is 2.57. The van der Waals surface area contributed by atoms with Crippen molar-refractivity contribution >= 4 is 27.4 Å². The molecular weight excluding hydrogens is 220 g/mol. The third-order valence-electron chi connectivity index (χ3n) is 2.95. The first-order valence-electron chi connectivity index (χ1n) is 5.16. The van der Waals surface area contributed by atoms with E-state index in [-0.39, 0.29) is 0 Å². The van der Waals surface area contributed by atoms with Gasteiger partial charge in [-0.3, -0.25) is 4.79 Å². The van der Waals surface area contributed by atoms with Gasteiger partial charge in [-0.1, -0.05) is 18.2 Å². The van der Waals surface area contributed by atoms with Crippen molar-refractivity contribution in [3.63, 3.8) is 0 Å². The Morgan fingerprint density at radius 1 is 1.31 bits per heavy atom. The molecular formula is C13H14O2S. The predicted octanol–water partition coefficient (Wildman–Crippen LogP) is 3.57. The molecule has 0 atom stereocenters. The topological polar surface area (TPSA) is 37.3 Å². The zero-order chi connectivity index (χ0) is 11.9. The number of aliphatic carboxylic acids is 1. The van der Waals surface area contributed by atoms with E-state index in [0.29, 0.717) is 0 Å². The highest BCUT2D eigenvalue weighted by Gasteiger charge is 2.33. The van der Waals surface area contributed by atoms with Crippen molar-refractivity contribution in [2.45, 2.75) is 26.2 Å². The van der Waals surface area contributed by atoms with Crippen LogP contribution in [0.15, 0.2) is 24.3 Å². The van der Waals surface area contributed by atoms with E-state index in [1.165, 1.54) is 0 Å². The van der Waals surface area contributed by atoms with Crippen LogP contribution < -0.4 is 0 Å². The van der Waals surface area contributed by atoms with Gasteiger partial charge in [-0.25, -0.2) is 0 Å². The normalized spacial score (nSPS) is 11.9. The van der Waals surface area contributed by atoms with Crippen molar-refractivity contribution < 1.29 is 9.90 Å². The summed E-state index contributed by atoms with van der Waals surface area (Å²) in [5, 5.41) is 10.4. The van der Waals surface area contributed by atoms with Crippen LogP contribution in [0.2, 0.25) is 0 Å². The molecule has 0 fully saturated rings. The summed E-state index contributed by atoms with van der Waals surface area (Å²) in [5.74, 6) is -0.776. The second kappa shape index (κ2) is 3.59. The molecule has 2 aromatic rings. The third-order valence-corrected chi connectivity index (χ3v) is 4.54. The minimum atomic E-state index is -0.812. The van der Waals surface area contributed by atoms with E-state index in [9.17, 15) is 9.90 Å². The van der Waals surface area contributed by atoms with E-state index in [4.69, 9.17) is 0 Å². The van der Waals surface area contributed by atoms with E-state index in [1.807, 2.05) is 31.2 Å². The Kier molecular flexibility index (Phi) is 2.50. The lowest BCUT2D eigenvalue weighted by molar-refractivity contribution is -0.142. The highest BCUT2D eigenvalue weighted by Crippen LogP contribution is 2.38. The molecule has 84 valence electrons. The summed E-state index contributed by atoms with van der Waals surface area (Å²) in [6.07, 6.45) is 0. The van der Waals surface area contributed by atoms with Gasteiger partial charge in [0.05, 0.1) is 5.41 Å². The van der Waals surface area contributed by atoms with Gasteiger partial charge in [0.15, 0.2) is 0 Å². The van der Waals surface area contributed by atoms with Gasteiger partial charge in [0.25, 0.3) is 0 Å². The number of aryl methyl sites for hydroxylation is 1. The minimum absolute atomic E-state index is 0.776. The van der Waals surface area contributed by atoms with Crippen molar-refractivity contribution in [3.8, 4) is 0 Å². The maximum Gasteiger partial charge on any atom is 0.314 e. The predicted molar refractivity (Wildman–Crippen MR) is 67.2 cm³/mol. The van der Waals surface area contributed by atoms with Gasteiger partial charge in [-0.15, -0.1) is 11.3 Å². The van der Waals surface area contributed by atoms with Gasteiger partial charge in [-0.05, 0) is 37.8 Å². The Labute approximate surface area is 98.5 Å². The van der Waals surface area contributed by atoms with Crippen LogP contribution in [0.3, 0.4) is 0 Å². The lowest BCUT2D eigenvalue weighted by atomic mass is 9.89. The van der Waals surface area contributed by atoms with Crippen LogP contribution in [0.1, 0.15) is 24.3 Å². The van der Waals surface area contributed by atoms with Gasteiger partial charge in [0, 0.05) is 9.58 Å². The van der Waals surface area contributed by atoms with E-state index >= 15 is 0 Å². The van der Waals surface area contributed by atoms with Crippen LogP contribution >= 0.6 is 11.3 Å². The van der Waals surface area contributed by atoms with Crippen LogP contribution in [0.5, 0.6) is 0 Å². The summed E-state index contributed by atoms with van der Waals surface area (Å²) >= 11 is 1.58. The molecule has 0 saturated heterocycles. The molecule has 1 N–H and O–H groups in total.